The number of halogens is 2. The number of thioether (sulfide) groups is 1. The highest BCUT2D eigenvalue weighted by atomic mass is 35.5. The van der Waals surface area contributed by atoms with Gasteiger partial charge >= 0.3 is 0 Å². The number of hydrogen-bond acceptors (Lipinski definition) is 6. The van der Waals surface area contributed by atoms with E-state index in [0.29, 0.717) is 32.0 Å². The lowest BCUT2D eigenvalue weighted by Gasteiger charge is -2.10. The fourth-order valence-corrected chi connectivity index (χ4v) is 7.04. The summed E-state index contributed by atoms with van der Waals surface area (Å²) in [4.78, 5) is 9.43. The summed E-state index contributed by atoms with van der Waals surface area (Å²) in [5, 5.41) is 4.38. The van der Waals surface area contributed by atoms with E-state index in [0.717, 1.165) is 16.3 Å². The second-order valence-corrected chi connectivity index (χ2v) is 11.5. The second kappa shape index (κ2) is 9.12. The van der Waals surface area contributed by atoms with Crippen molar-refractivity contribution in [2.45, 2.75) is 15.8 Å². The maximum absolute atomic E-state index is 13.5. The maximum atomic E-state index is 13.5. The number of imidazole rings is 1. The maximum Gasteiger partial charge on any atom is 0.270 e. The van der Waals surface area contributed by atoms with Gasteiger partial charge in [0.1, 0.15) is 5.01 Å². The van der Waals surface area contributed by atoms with Gasteiger partial charge in [-0.05, 0) is 48.5 Å². The Labute approximate surface area is 209 Å². The molecule has 33 heavy (non-hydrogen) atoms. The van der Waals surface area contributed by atoms with Crippen LogP contribution in [0.4, 0.5) is 0 Å². The van der Waals surface area contributed by atoms with Crippen molar-refractivity contribution in [1.82, 2.24) is 13.9 Å². The predicted molar refractivity (Wildman–Crippen MR) is 136 cm³/mol. The molecular formula is C23H15Cl2N3O2S3. The zero-order valence-corrected chi connectivity index (χ0v) is 20.8. The first-order valence-electron chi connectivity index (χ1n) is 9.73. The summed E-state index contributed by atoms with van der Waals surface area (Å²) in [6, 6.07) is 20.8. The van der Waals surface area contributed by atoms with Gasteiger partial charge in [-0.1, -0.05) is 59.2 Å². The largest absolute Gasteiger partial charge is 0.270 e. The van der Waals surface area contributed by atoms with Gasteiger partial charge in [0.2, 0.25) is 0 Å². The molecule has 0 spiro atoms. The third kappa shape index (κ3) is 4.54. The Morgan fingerprint density at radius 3 is 2.27 bits per heavy atom. The molecule has 0 unspecified atom stereocenters. The number of para-hydroxylation sites is 2. The minimum atomic E-state index is -3.87. The van der Waals surface area contributed by atoms with Crippen molar-refractivity contribution >= 4 is 67.4 Å². The van der Waals surface area contributed by atoms with Crippen molar-refractivity contribution in [3.05, 3.63) is 93.9 Å². The Kier molecular flexibility index (Phi) is 6.20. The lowest BCUT2D eigenvalue weighted by molar-refractivity contribution is 0.584. The average Bonchev–Trinajstić information content (AvgIpc) is 3.43. The number of hydrogen-bond donors (Lipinski definition) is 0. The molecule has 166 valence electrons. The number of rotatable bonds is 6. The lowest BCUT2D eigenvalue weighted by Crippen LogP contribution is -2.14. The molecule has 0 bridgehead atoms. The standard InChI is InChI=1S/C23H15Cl2N3O2S3/c24-16-7-5-15(6-8-16)22-26-18(13-31-22)14-32-23-27-20-3-1-2-4-21(20)28(23)33(29,30)19-11-9-17(25)10-12-19/h1-13H,14H2. The monoisotopic (exact) mass is 531 g/mol. The highest BCUT2D eigenvalue weighted by molar-refractivity contribution is 7.99. The molecule has 0 N–H and O–H groups in total. The van der Waals surface area contributed by atoms with Gasteiger partial charge in [0.25, 0.3) is 10.0 Å². The Hall–Kier alpha value is -2.36. The van der Waals surface area contributed by atoms with Crippen molar-refractivity contribution in [3.8, 4) is 10.6 Å². The summed E-state index contributed by atoms with van der Waals surface area (Å²) < 4.78 is 28.3. The normalized spacial score (nSPS) is 11.8. The van der Waals surface area contributed by atoms with E-state index in [1.807, 2.05) is 35.7 Å². The molecule has 0 atom stereocenters. The van der Waals surface area contributed by atoms with Crippen LogP contribution in [0.2, 0.25) is 10.0 Å². The van der Waals surface area contributed by atoms with Crippen LogP contribution in [0.5, 0.6) is 0 Å². The van der Waals surface area contributed by atoms with E-state index in [1.165, 1.54) is 39.2 Å². The number of thiazole rings is 1. The summed E-state index contributed by atoms with van der Waals surface area (Å²) in [6.45, 7) is 0. The van der Waals surface area contributed by atoms with E-state index in [2.05, 4.69) is 4.98 Å². The summed E-state index contributed by atoms with van der Waals surface area (Å²) in [6.07, 6.45) is 0. The van der Waals surface area contributed by atoms with Crippen molar-refractivity contribution in [2.24, 2.45) is 0 Å². The van der Waals surface area contributed by atoms with Crippen LogP contribution in [-0.2, 0) is 15.8 Å². The number of benzene rings is 3. The molecule has 2 aromatic heterocycles. The van der Waals surface area contributed by atoms with Gasteiger partial charge in [0.15, 0.2) is 5.16 Å². The average molecular weight is 532 g/mol. The quantitative estimate of drug-likeness (QED) is 0.221. The molecule has 5 rings (SSSR count). The highest BCUT2D eigenvalue weighted by Gasteiger charge is 2.24. The van der Waals surface area contributed by atoms with Gasteiger partial charge in [0, 0.05) is 26.7 Å². The molecule has 3 aromatic carbocycles. The van der Waals surface area contributed by atoms with Gasteiger partial charge in [0.05, 0.1) is 21.6 Å². The molecule has 0 fully saturated rings. The van der Waals surface area contributed by atoms with Crippen LogP contribution in [0.25, 0.3) is 21.6 Å². The van der Waals surface area contributed by atoms with Crippen LogP contribution >= 0.6 is 46.3 Å². The summed E-state index contributed by atoms with van der Waals surface area (Å²) in [7, 11) is -3.87. The fourth-order valence-electron chi connectivity index (χ4n) is 3.25. The third-order valence-corrected chi connectivity index (χ3v) is 9.08. The topological polar surface area (TPSA) is 64.8 Å². The van der Waals surface area contributed by atoms with Crippen LogP contribution in [0.15, 0.2) is 88.2 Å². The molecular weight excluding hydrogens is 517 g/mol. The van der Waals surface area contributed by atoms with Crippen LogP contribution in [0.3, 0.4) is 0 Å². The summed E-state index contributed by atoms with van der Waals surface area (Å²) in [5.41, 5.74) is 2.96. The van der Waals surface area contributed by atoms with Crippen molar-refractivity contribution in [2.75, 3.05) is 0 Å². The first-order valence-corrected chi connectivity index (χ1v) is 13.8. The van der Waals surface area contributed by atoms with Crippen molar-refractivity contribution in [3.63, 3.8) is 0 Å². The summed E-state index contributed by atoms with van der Waals surface area (Å²) >= 11 is 14.8. The highest BCUT2D eigenvalue weighted by Crippen LogP contribution is 2.32. The smallest absolute Gasteiger partial charge is 0.240 e. The SMILES string of the molecule is O=S(=O)(c1ccc(Cl)cc1)n1c(SCc2csc(-c3ccc(Cl)cc3)n2)nc2ccccc21. The first-order chi connectivity index (χ1) is 15.9. The van der Waals surface area contributed by atoms with E-state index in [1.54, 1.807) is 30.3 Å². The number of aromatic nitrogens is 3. The van der Waals surface area contributed by atoms with Crippen LogP contribution < -0.4 is 0 Å². The van der Waals surface area contributed by atoms with Crippen molar-refractivity contribution < 1.29 is 8.42 Å². The second-order valence-electron chi connectivity index (χ2n) is 7.05. The molecule has 10 heteroatoms. The molecule has 2 heterocycles. The molecule has 0 saturated heterocycles. The molecule has 0 aliphatic carbocycles. The van der Waals surface area contributed by atoms with Gasteiger partial charge in [-0.3, -0.25) is 0 Å². The van der Waals surface area contributed by atoms with E-state index in [-0.39, 0.29) is 4.90 Å². The van der Waals surface area contributed by atoms with Crippen LogP contribution in [0.1, 0.15) is 5.69 Å². The Morgan fingerprint density at radius 2 is 1.55 bits per heavy atom. The number of nitrogens with zero attached hydrogens (tertiary/aromatic N) is 3. The Balaban J connectivity index is 1.48. The third-order valence-electron chi connectivity index (χ3n) is 4.83. The minimum Gasteiger partial charge on any atom is -0.240 e. The first kappa shape index (κ1) is 22.4. The van der Waals surface area contributed by atoms with E-state index < -0.39 is 10.0 Å². The van der Waals surface area contributed by atoms with Crippen LogP contribution in [0, 0.1) is 0 Å². The molecule has 0 aliphatic heterocycles. The fraction of sp³-hybridized carbons (Fsp3) is 0.0435. The minimum absolute atomic E-state index is 0.149. The predicted octanol–water partition coefficient (Wildman–Crippen LogP) is 7.00. The molecule has 0 radical (unpaired) electrons. The number of fused-ring (bicyclic) bond motifs is 1. The summed E-state index contributed by atoms with van der Waals surface area (Å²) in [5.74, 6) is 0.476. The van der Waals surface area contributed by atoms with Gasteiger partial charge in [-0.25, -0.2) is 22.4 Å². The van der Waals surface area contributed by atoms with Crippen molar-refractivity contribution in [1.29, 1.82) is 0 Å². The molecule has 0 saturated carbocycles. The van der Waals surface area contributed by atoms with Gasteiger partial charge in [-0.15, -0.1) is 11.3 Å². The molecule has 0 aliphatic rings. The van der Waals surface area contributed by atoms with Gasteiger partial charge < -0.3 is 0 Å². The van der Waals surface area contributed by atoms with Gasteiger partial charge in [-0.2, -0.15) is 0 Å². The zero-order chi connectivity index (χ0) is 23.0. The lowest BCUT2D eigenvalue weighted by atomic mass is 10.2. The molecule has 5 nitrogen and oxygen atoms in total. The molecule has 5 aromatic rings. The van der Waals surface area contributed by atoms with E-state index in [4.69, 9.17) is 28.2 Å². The Bertz CT molecular complexity index is 1540. The van der Waals surface area contributed by atoms with E-state index in [9.17, 15) is 8.42 Å². The zero-order valence-electron chi connectivity index (χ0n) is 16.9. The molecule has 0 amide bonds. The van der Waals surface area contributed by atoms with E-state index >= 15 is 0 Å². The van der Waals surface area contributed by atoms with Crippen LogP contribution in [-0.4, -0.2) is 22.4 Å². The Morgan fingerprint density at radius 1 is 0.879 bits per heavy atom.